The summed E-state index contributed by atoms with van der Waals surface area (Å²) in [5.41, 5.74) is 0.409. The van der Waals surface area contributed by atoms with Gasteiger partial charge in [-0.3, -0.25) is 0 Å². The highest BCUT2D eigenvalue weighted by molar-refractivity contribution is 7.89. The summed E-state index contributed by atoms with van der Waals surface area (Å²) < 4.78 is 25.8. The Balaban J connectivity index is 2.49. The van der Waals surface area contributed by atoms with Crippen LogP contribution in [0.25, 0.3) is 0 Å². The molecule has 1 heterocycles. The number of nitrogens with zero attached hydrogens (tertiary/aromatic N) is 3. The van der Waals surface area contributed by atoms with Crippen LogP contribution < -0.4 is 5.32 Å². The summed E-state index contributed by atoms with van der Waals surface area (Å²) >= 11 is 6.03. The first kappa shape index (κ1) is 15.7. The maximum Gasteiger partial charge on any atom is 0.244 e. The lowest BCUT2D eigenvalue weighted by atomic mass is 10.3. The minimum Gasteiger partial charge on any atom is -0.338 e. The Morgan fingerprint density at radius 3 is 2.57 bits per heavy atom. The maximum absolute atomic E-state index is 12.3. The second kappa shape index (κ2) is 5.97. The van der Waals surface area contributed by atoms with Crippen LogP contribution in [-0.2, 0) is 10.0 Å². The Labute approximate surface area is 128 Å². The van der Waals surface area contributed by atoms with Crippen LogP contribution in [0.3, 0.4) is 0 Å². The summed E-state index contributed by atoms with van der Waals surface area (Å²) in [6.45, 7) is 1.73. The summed E-state index contributed by atoms with van der Waals surface area (Å²) in [5.74, 6) is 0.903. The van der Waals surface area contributed by atoms with Gasteiger partial charge in [-0.15, -0.1) is 0 Å². The van der Waals surface area contributed by atoms with Gasteiger partial charge in [-0.1, -0.05) is 23.7 Å². The molecule has 1 N–H and O–H groups in total. The standard InChI is InChI=1S/C13H15ClN4O2S/c1-9-15-8-10(14)13(16-9)17-11-6-4-5-7-12(11)21(19,20)18(2)3/h4-8H,1-3H3,(H,15,16,17). The Hall–Kier alpha value is -1.70. The molecule has 0 saturated carbocycles. The topological polar surface area (TPSA) is 75.2 Å². The molecule has 0 aliphatic carbocycles. The van der Waals surface area contributed by atoms with Gasteiger partial charge in [-0.25, -0.2) is 22.7 Å². The molecule has 0 unspecified atom stereocenters. The lowest BCUT2D eigenvalue weighted by Gasteiger charge is -2.16. The van der Waals surface area contributed by atoms with E-state index in [1.807, 2.05) is 0 Å². The number of aryl methyl sites for hydroxylation is 1. The highest BCUT2D eigenvalue weighted by Gasteiger charge is 2.21. The second-order valence-corrected chi connectivity index (χ2v) is 7.05. The third-order valence-corrected chi connectivity index (χ3v) is 4.91. The summed E-state index contributed by atoms with van der Waals surface area (Å²) in [6, 6.07) is 6.58. The van der Waals surface area contributed by atoms with Crippen LogP contribution in [0.15, 0.2) is 35.4 Å². The maximum atomic E-state index is 12.3. The molecule has 0 fully saturated rings. The van der Waals surface area contributed by atoms with E-state index in [9.17, 15) is 8.42 Å². The van der Waals surface area contributed by atoms with E-state index in [1.54, 1.807) is 25.1 Å². The van der Waals surface area contributed by atoms with Crippen molar-refractivity contribution in [3.63, 3.8) is 0 Å². The molecule has 1 aromatic heterocycles. The van der Waals surface area contributed by atoms with Gasteiger partial charge in [0.1, 0.15) is 15.7 Å². The zero-order valence-electron chi connectivity index (χ0n) is 11.8. The van der Waals surface area contributed by atoms with Gasteiger partial charge in [-0.2, -0.15) is 0 Å². The molecule has 8 heteroatoms. The van der Waals surface area contributed by atoms with Gasteiger partial charge in [0.05, 0.1) is 11.9 Å². The van der Waals surface area contributed by atoms with Crippen molar-refractivity contribution in [3.8, 4) is 0 Å². The fraction of sp³-hybridized carbons (Fsp3) is 0.231. The van der Waals surface area contributed by atoms with Crippen molar-refractivity contribution in [1.82, 2.24) is 14.3 Å². The normalized spacial score (nSPS) is 11.7. The van der Waals surface area contributed by atoms with Crippen molar-refractivity contribution >= 4 is 33.1 Å². The number of anilines is 2. The third kappa shape index (κ3) is 3.31. The molecule has 0 aliphatic rings. The van der Waals surface area contributed by atoms with Crippen molar-refractivity contribution in [2.24, 2.45) is 0 Å². The molecular weight excluding hydrogens is 312 g/mol. The molecule has 0 atom stereocenters. The Kier molecular flexibility index (Phi) is 4.46. The fourth-order valence-electron chi connectivity index (χ4n) is 1.66. The number of nitrogens with one attached hydrogen (secondary N) is 1. The number of sulfonamides is 1. The van der Waals surface area contributed by atoms with Gasteiger partial charge in [0.2, 0.25) is 10.0 Å². The van der Waals surface area contributed by atoms with Crippen LogP contribution >= 0.6 is 11.6 Å². The summed E-state index contributed by atoms with van der Waals surface area (Å²) in [6.07, 6.45) is 1.47. The molecule has 2 rings (SSSR count). The van der Waals surface area contributed by atoms with Crippen LogP contribution in [-0.4, -0.2) is 36.8 Å². The zero-order valence-corrected chi connectivity index (χ0v) is 13.4. The zero-order chi connectivity index (χ0) is 15.6. The average Bonchev–Trinajstić information content (AvgIpc) is 2.43. The van der Waals surface area contributed by atoms with Gasteiger partial charge < -0.3 is 5.32 Å². The quantitative estimate of drug-likeness (QED) is 0.934. The SMILES string of the molecule is Cc1ncc(Cl)c(Nc2ccccc2S(=O)(=O)N(C)C)n1. The van der Waals surface area contributed by atoms with Gasteiger partial charge in [-0.05, 0) is 19.1 Å². The van der Waals surface area contributed by atoms with E-state index in [0.29, 0.717) is 22.4 Å². The first-order chi connectivity index (χ1) is 9.82. The number of halogens is 1. The Bertz CT molecular complexity index is 763. The minimum absolute atomic E-state index is 0.155. The van der Waals surface area contributed by atoms with E-state index >= 15 is 0 Å². The number of hydrogen-bond acceptors (Lipinski definition) is 5. The molecule has 6 nitrogen and oxygen atoms in total. The summed E-state index contributed by atoms with van der Waals surface area (Å²) in [5, 5.41) is 3.27. The van der Waals surface area contributed by atoms with Crippen LogP contribution in [0.1, 0.15) is 5.82 Å². The van der Waals surface area contributed by atoms with Crippen molar-refractivity contribution in [2.75, 3.05) is 19.4 Å². The van der Waals surface area contributed by atoms with Gasteiger partial charge in [0.25, 0.3) is 0 Å². The van der Waals surface area contributed by atoms with Crippen molar-refractivity contribution in [2.45, 2.75) is 11.8 Å². The van der Waals surface area contributed by atoms with Gasteiger partial charge in [0, 0.05) is 14.1 Å². The molecule has 1 aromatic carbocycles. The minimum atomic E-state index is -3.57. The van der Waals surface area contributed by atoms with Gasteiger partial charge >= 0.3 is 0 Å². The highest BCUT2D eigenvalue weighted by atomic mass is 35.5. The smallest absolute Gasteiger partial charge is 0.244 e. The van der Waals surface area contributed by atoms with E-state index in [1.165, 1.54) is 26.4 Å². The first-order valence-electron chi connectivity index (χ1n) is 6.10. The Morgan fingerprint density at radius 2 is 1.90 bits per heavy atom. The molecule has 0 aliphatic heterocycles. The molecule has 0 radical (unpaired) electrons. The van der Waals surface area contributed by atoms with Crippen molar-refractivity contribution in [3.05, 3.63) is 41.3 Å². The molecule has 0 spiro atoms. The molecular formula is C13H15ClN4O2S. The molecule has 2 aromatic rings. The molecule has 0 bridgehead atoms. The number of benzene rings is 1. The van der Waals surface area contributed by atoms with Crippen LogP contribution in [0.5, 0.6) is 0 Å². The van der Waals surface area contributed by atoms with Crippen LogP contribution in [0.2, 0.25) is 5.02 Å². The third-order valence-electron chi connectivity index (χ3n) is 2.76. The van der Waals surface area contributed by atoms with E-state index in [-0.39, 0.29) is 4.90 Å². The lowest BCUT2D eigenvalue weighted by Crippen LogP contribution is -2.23. The van der Waals surface area contributed by atoms with E-state index in [4.69, 9.17) is 11.6 Å². The number of hydrogen-bond donors (Lipinski definition) is 1. The lowest BCUT2D eigenvalue weighted by molar-refractivity contribution is 0.521. The summed E-state index contributed by atoms with van der Waals surface area (Å²) in [4.78, 5) is 8.30. The fourth-order valence-corrected chi connectivity index (χ4v) is 2.84. The van der Waals surface area contributed by atoms with E-state index < -0.39 is 10.0 Å². The van der Waals surface area contributed by atoms with Crippen molar-refractivity contribution in [1.29, 1.82) is 0 Å². The molecule has 0 saturated heterocycles. The molecule has 21 heavy (non-hydrogen) atoms. The van der Waals surface area contributed by atoms with Crippen molar-refractivity contribution < 1.29 is 8.42 Å². The van der Waals surface area contributed by atoms with E-state index in [0.717, 1.165) is 4.31 Å². The highest BCUT2D eigenvalue weighted by Crippen LogP contribution is 2.28. The monoisotopic (exact) mass is 326 g/mol. The second-order valence-electron chi connectivity index (χ2n) is 4.52. The van der Waals surface area contributed by atoms with Gasteiger partial charge in [0.15, 0.2) is 5.82 Å². The summed E-state index contributed by atoms with van der Waals surface area (Å²) in [7, 11) is -0.606. The molecule has 0 amide bonds. The largest absolute Gasteiger partial charge is 0.338 e. The first-order valence-corrected chi connectivity index (χ1v) is 7.92. The number of rotatable bonds is 4. The number of para-hydroxylation sites is 1. The van der Waals surface area contributed by atoms with Crippen LogP contribution in [0.4, 0.5) is 11.5 Å². The molecule has 112 valence electrons. The predicted molar refractivity (Wildman–Crippen MR) is 82.4 cm³/mol. The van der Waals surface area contributed by atoms with Crippen LogP contribution in [0, 0.1) is 6.92 Å². The predicted octanol–water partition coefficient (Wildman–Crippen LogP) is 2.43. The number of aromatic nitrogens is 2. The van der Waals surface area contributed by atoms with E-state index in [2.05, 4.69) is 15.3 Å². The Morgan fingerprint density at radius 1 is 1.24 bits per heavy atom. The average molecular weight is 327 g/mol.